The van der Waals surface area contributed by atoms with Gasteiger partial charge in [0.05, 0.1) is 16.6 Å². The van der Waals surface area contributed by atoms with Crippen molar-refractivity contribution in [2.24, 2.45) is 0 Å². The smallest absolute Gasteiger partial charge is 0.341 e. The monoisotopic (exact) mass is 378 g/mol. The van der Waals surface area contributed by atoms with Crippen LogP contribution in [0.4, 0.5) is 20.2 Å². The SMILES string of the molecule is C[C@H]1CN(c2c(F)c(N)c3c(=O)c(C(=O)O)cn(C4CC4)c3c2F)CCN1. The number of anilines is 2. The summed E-state index contributed by atoms with van der Waals surface area (Å²) < 4.78 is 32.0. The molecule has 1 saturated heterocycles. The highest BCUT2D eigenvalue weighted by molar-refractivity contribution is 5.99. The molecule has 0 radical (unpaired) electrons. The normalized spacial score (nSPS) is 20.3. The van der Waals surface area contributed by atoms with E-state index in [9.17, 15) is 14.7 Å². The molecule has 1 aliphatic carbocycles. The number of fused-ring (bicyclic) bond motifs is 1. The van der Waals surface area contributed by atoms with Crippen LogP contribution in [-0.2, 0) is 0 Å². The lowest BCUT2D eigenvalue weighted by atomic mass is 10.1. The molecule has 2 fully saturated rings. The van der Waals surface area contributed by atoms with E-state index in [0.717, 1.165) is 19.0 Å². The largest absolute Gasteiger partial charge is 0.477 e. The standard InChI is InChI=1S/C18H20F2N4O3/c1-8-6-23(5-4-22-8)16-12(19)14(21)11-15(13(16)20)24(9-2-3-9)7-10(17(11)25)18(26)27/h7-9,22H,2-6,21H2,1H3,(H,26,27)/t8-/m0/s1. The van der Waals surface area contributed by atoms with Crippen LogP contribution >= 0.6 is 0 Å². The molecule has 0 amide bonds. The summed E-state index contributed by atoms with van der Waals surface area (Å²) in [5.74, 6) is -3.33. The number of nitrogens with two attached hydrogens (primary N) is 1. The average Bonchev–Trinajstić information content (AvgIpc) is 3.44. The Morgan fingerprint density at radius 3 is 2.63 bits per heavy atom. The van der Waals surface area contributed by atoms with E-state index in [0.29, 0.717) is 19.6 Å². The van der Waals surface area contributed by atoms with Crippen molar-refractivity contribution < 1.29 is 18.7 Å². The number of halogens is 2. The van der Waals surface area contributed by atoms with Crippen molar-refractivity contribution in [1.82, 2.24) is 9.88 Å². The Balaban J connectivity index is 2.06. The Hall–Kier alpha value is -2.68. The molecule has 0 spiro atoms. The van der Waals surface area contributed by atoms with E-state index in [1.165, 1.54) is 4.57 Å². The number of carbonyl (C=O) groups is 1. The van der Waals surface area contributed by atoms with Gasteiger partial charge in [-0.1, -0.05) is 0 Å². The molecule has 1 aliphatic heterocycles. The van der Waals surface area contributed by atoms with Crippen LogP contribution in [0.3, 0.4) is 0 Å². The number of nitrogens with zero attached hydrogens (tertiary/aromatic N) is 2. The number of hydrogen-bond donors (Lipinski definition) is 3. The molecule has 1 saturated carbocycles. The number of pyridine rings is 1. The molecule has 4 rings (SSSR count). The van der Waals surface area contributed by atoms with Crippen molar-refractivity contribution in [1.29, 1.82) is 0 Å². The van der Waals surface area contributed by atoms with Crippen LogP contribution in [-0.4, -0.2) is 41.3 Å². The van der Waals surface area contributed by atoms with Crippen molar-refractivity contribution in [2.45, 2.75) is 31.8 Å². The predicted molar refractivity (Wildman–Crippen MR) is 97.4 cm³/mol. The molecular formula is C18H20F2N4O3. The summed E-state index contributed by atoms with van der Waals surface area (Å²) in [6, 6.07) is -0.0881. The van der Waals surface area contributed by atoms with Crippen LogP contribution in [0.1, 0.15) is 36.2 Å². The molecule has 2 aromatic rings. The number of rotatable bonds is 3. The fourth-order valence-electron chi connectivity index (χ4n) is 3.76. The van der Waals surface area contributed by atoms with Gasteiger partial charge in [0.2, 0.25) is 5.43 Å². The van der Waals surface area contributed by atoms with Crippen LogP contribution < -0.4 is 21.4 Å². The van der Waals surface area contributed by atoms with E-state index < -0.39 is 39.7 Å². The molecular weight excluding hydrogens is 358 g/mol. The minimum atomic E-state index is -1.45. The Morgan fingerprint density at radius 2 is 2.04 bits per heavy atom. The first-order valence-corrected chi connectivity index (χ1v) is 8.88. The van der Waals surface area contributed by atoms with E-state index in [4.69, 9.17) is 5.73 Å². The van der Waals surface area contributed by atoms with Crippen LogP contribution in [0, 0.1) is 11.6 Å². The van der Waals surface area contributed by atoms with E-state index in [2.05, 4.69) is 5.32 Å². The Morgan fingerprint density at radius 1 is 1.33 bits per heavy atom. The fraction of sp³-hybridized carbons (Fsp3) is 0.444. The molecule has 4 N–H and O–H groups in total. The summed E-state index contributed by atoms with van der Waals surface area (Å²) in [6.45, 7) is 3.25. The van der Waals surface area contributed by atoms with Gasteiger partial charge in [-0.25, -0.2) is 13.6 Å². The van der Waals surface area contributed by atoms with Gasteiger partial charge >= 0.3 is 5.97 Å². The molecule has 27 heavy (non-hydrogen) atoms. The zero-order chi connectivity index (χ0) is 19.5. The Labute approximate surface area is 153 Å². The highest BCUT2D eigenvalue weighted by Gasteiger charge is 2.33. The van der Waals surface area contributed by atoms with Gasteiger partial charge in [-0.3, -0.25) is 4.79 Å². The minimum Gasteiger partial charge on any atom is -0.477 e. The Kier molecular flexibility index (Phi) is 4.06. The quantitative estimate of drug-likeness (QED) is 0.703. The van der Waals surface area contributed by atoms with Gasteiger partial charge in [0.1, 0.15) is 11.3 Å². The second-order valence-electron chi connectivity index (χ2n) is 7.23. The first-order chi connectivity index (χ1) is 12.8. The van der Waals surface area contributed by atoms with Gasteiger partial charge in [0.15, 0.2) is 11.6 Å². The third-order valence-corrected chi connectivity index (χ3v) is 5.22. The molecule has 2 aliphatic rings. The number of carboxylic acids is 1. The first-order valence-electron chi connectivity index (χ1n) is 8.88. The maximum atomic E-state index is 15.5. The summed E-state index contributed by atoms with van der Waals surface area (Å²) in [7, 11) is 0. The number of hydrogen-bond acceptors (Lipinski definition) is 5. The van der Waals surface area contributed by atoms with Crippen molar-refractivity contribution in [2.75, 3.05) is 30.3 Å². The van der Waals surface area contributed by atoms with E-state index in [1.807, 2.05) is 6.92 Å². The maximum absolute atomic E-state index is 15.5. The first kappa shape index (κ1) is 17.7. The van der Waals surface area contributed by atoms with Crippen molar-refractivity contribution in [3.63, 3.8) is 0 Å². The molecule has 1 aromatic heterocycles. The van der Waals surface area contributed by atoms with E-state index in [1.54, 1.807) is 4.90 Å². The van der Waals surface area contributed by atoms with Gasteiger partial charge in [-0.2, -0.15) is 0 Å². The van der Waals surface area contributed by atoms with E-state index in [-0.39, 0.29) is 23.3 Å². The van der Waals surface area contributed by atoms with Gasteiger partial charge < -0.3 is 25.6 Å². The molecule has 1 atom stereocenters. The molecule has 1 aromatic carbocycles. The van der Waals surface area contributed by atoms with Crippen molar-refractivity contribution in [3.05, 3.63) is 33.6 Å². The third kappa shape index (κ3) is 2.73. The predicted octanol–water partition coefficient (Wildman–Crippen LogP) is 1.69. The van der Waals surface area contributed by atoms with Crippen LogP contribution in [0.5, 0.6) is 0 Å². The second kappa shape index (κ2) is 6.19. The molecule has 2 heterocycles. The molecule has 0 bridgehead atoms. The zero-order valence-electron chi connectivity index (χ0n) is 14.8. The van der Waals surface area contributed by atoms with Gasteiger partial charge in [0.25, 0.3) is 0 Å². The highest BCUT2D eigenvalue weighted by atomic mass is 19.1. The number of piperazine rings is 1. The van der Waals surface area contributed by atoms with Crippen LogP contribution in [0.2, 0.25) is 0 Å². The zero-order valence-corrected chi connectivity index (χ0v) is 14.8. The number of nitrogens with one attached hydrogen (secondary N) is 1. The lowest BCUT2D eigenvalue weighted by molar-refractivity contribution is 0.0695. The third-order valence-electron chi connectivity index (χ3n) is 5.22. The molecule has 7 nitrogen and oxygen atoms in total. The lowest BCUT2D eigenvalue weighted by Crippen LogP contribution is -2.50. The molecule has 9 heteroatoms. The fourth-order valence-corrected chi connectivity index (χ4v) is 3.76. The topological polar surface area (TPSA) is 101 Å². The van der Waals surface area contributed by atoms with Crippen LogP contribution in [0.15, 0.2) is 11.0 Å². The second-order valence-corrected chi connectivity index (χ2v) is 7.23. The molecule has 144 valence electrons. The van der Waals surface area contributed by atoms with Gasteiger partial charge in [0, 0.05) is 37.9 Å². The lowest BCUT2D eigenvalue weighted by Gasteiger charge is -2.34. The number of aromatic nitrogens is 1. The summed E-state index contributed by atoms with van der Waals surface area (Å²) in [6.07, 6.45) is 2.61. The number of carboxylic acid groups (broad SMARTS) is 1. The Bertz CT molecular complexity index is 1020. The number of benzene rings is 1. The number of nitrogen functional groups attached to an aromatic ring is 1. The van der Waals surface area contributed by atoms with Crippen LogP contribution in [0.25, 0.3) is 10.9 Å². The average molecular weight is 378 g/mol. The highest BCUT2D eigenvalue weighted by Crippen LogP contribution is 2.41. The summed E-state index contributed by atoms with van der Waals surface area (Å²) in [5.41, 5.74) is 3.51. The molecule has 0 unspecified atom stereocenters. The maximum Gasteiger partial charge on any atom is 0.341 e. The summed E-state index contributed by atoms with van der Waals surface area (Å²) >= 11 is 0. The van der Waals surface area contributed by atoms with Crippen molar-refractivity contribution >= 4 is 28.2 Å². The van der Waals surface area contributed by atoms with Gasteiger partial charge in [-0.15, -0.1) is 0 Å². The summed E-state index contributed by atoms with van der Waals surface area (Å²) in [5, 5.41) is 12.1. The summed E-state index contributed by atoms with van der Waals surface area (Å²) in [4.78, 5) is 25.6. The van der Waals surface area contributed by atoms with Gasteiger partial charge in [-0.05, 0) is 19.8 Å². The number of aromatic carboxylic acids is 1. The van der Waals surface area contributed by atoms with E-state index >= 15 is 8.78 Å². The minimum absolute atomic E-state index is 0.0366. The van der Waals surface area contributed by atoms with Crippen molar-refractivity contribution in [3.8, 4) is 0 Å².